The fraction of sp³-hybridized carbons (Fsp3) is 0.700. The van der Waals surface area contributed by atoms with Crippen LogP contribution in [-0.2, 0) is 0 Å². The van der Waals surface area contributed by atoms with Gasteiger partial charge in [0.25, 0.3) is 5.19 Å². The van der Waals surface area contributed by atoms with Crippen LogP contribution >= 0.6 is 11.3 Å². The van der Waals surface area contributed by atoms with Crippen LogP contribution in [0.2, 0.25) is 0 Å². The summed E-state index contributed by atoms with van der Waals surface area (Å²) in [6.07, 6.45) is 0.968. The predicted molar refractivity (Wildman–Crippen MR) is 59.7 cm³/mol. The maximum atomic E-state index is 5.99. The van der Waals surface area contributed by atoms with Gasteiger partial charge in [0.2, 0.25) is 0 Å². The maximum absolute atomic E-state index is 5.99. The second-order valence-corrected chi connectivity index (χ2v) is 4.53. The molecule has 1 rings (SSSR count). The number of hydrogen-bond acceptors (Lipinski definition) is 4. The molecule has 0 amide bonds. The minimum atomic E-state index is 0.0421. The van der Waals surface area contributed by atoms with E-state index in [-0.39, 0.29) is 6.04 Å². The van der Waals surface area contributed by atoms with Crippen molar-refractivity contribution < 1.29 is 4.74 Å². The molecule has 14 heavy (non-hydrogen) atoms. The van der Waals surface area contributed by atoms with E-state index < -0.39 is 0 Å². The number of thiazole rings is 1. The van der Waals surface area contributed by atoms with Crippen molar-refractivity contribution in [1.82, 2.24) is 4.98 Å². The van der Waals surface area contributed by atoms with Crippen molar-refractivity contribution in [3.63, 3.8) is 0 Å². The minimum Gasteiger partial charge on any atom is -0.470 e. The Kier molecular flexibility index (Phi) is 4.35. The summed E-state index contributed by atoms with van der Waals surface area (Å²) in [5.41, 5.74) is 6.95. The molecule has 1 atom stereocenters. The first-order valence-electron chi connectivity index (χ1n) is 4.97. The van der Waals surface area contributed by atoms with Crippen molar-refractivity contribution in [2.24, 2.45) is 11.7 Å². The summed E-state index contributed by atoms with van der Waals surface area (Å²) in [6, 6.07) is 0.0421. The van der Waals surface area contributed by atoms with E-state index in [1.807, 2.05) is 12.3 Å². The Balaban J connectivity index is 2.57. The van der Waals surface area contributed by atoms with Gasteiger partial charge in [-0.2, -0.15) is 0 Å². The summed E-state index contributed by atoms with van der Waals surface area (Å²) in [4.78, 5) is 4.32. The molecule has 80 valence electrons. The third-order valence-corrected chi connectivity index (χ3v) is 2.64. The van der Waals surface area contributed by atoms with Gasteiger partial charge in [-0.1, -0.05) is 25.2 Å². The zero-order valence-electron chi connectivity index (χ0n) is 8.99. The molecule has 0 aliphatic rings. The minimum absolute atomic E-state index is 0.0421. The summed E-state index contributed by atoms with van der Waals surface area (Å²) >= 11 is 1.52. The first-order chi connectivity index (χ1) is 6.63. The lowest BCUT2D eigenvalue weighted by atomic mass is 10.0. The Labute approximate surface area is 89.3 Å². The second kappa shape index (κ2) is 5.32. The molecule has 1 heterocycles. The Morgan fingerprint density at radius 3 is 2.86 bits per heavy atom. The molecule has 1 aromatic heterocycles. The Bertz CT molecular complexity index is 273. The fourth-order valence-corrected chi connectivity index (χ4v) is 2.05. The molecule has 0 bridgehead atoms. The number of nitrogens with zero attached hydrogens (tertiary/aromatic N) is 1. The molecule has 0 aromatic carbocycles. The average molecular weight is 214 g/mol. The molecule has 1 unspecified atom stereocenters. The molecule has 0 saturated carbocycles. The van der Waals surface area contributed by atoms with Crippen LogP contribution in [0.3, 0.4) is 0 Å². The summed E-state index contributed by atoms with van der Waals surface area (Å²) in [5, 5.41) is 2.71. The van der Waals surface area contributed by atoms with Crippen molar-refractivity contribution >= 4 is 11.3 Å². The van der Waals surface area contributed by atoms with E-state index in [4.69, 9.17) is 10.5 Å². The van der Waals surface area contributed by atoms with Gasteiger partial charge in [-0.25, -0.2) is 4.98 Å². The largest absolute Gasteiger partial charge is 0.470 e. The SMILES string of the molecule is CCOc1nc(C(N)CC(C)C)cs1. The lowest BCUT2D eigenvalue weighted by molar-refractivity contribution is 0.336. The topological polar surface area (TPSA) is 48.1 Å². The van der Waals surface area contributed by atoms with Crippen molar-refractivity contribution in [3.05, 3.63) is 11.1 Å². The third kappa shape index (κ3) is 3.27. The quantitative estimate of drug-likeness (QED) is 0.819. The summed E-state index contributed by atoms with van der Waals surface area (Å²) < 4.78 is 5.29. The van der Waals surface area contributed by atoms with Crippen LogP contribution in [-0.4, -0.2) is 11.6 Å². The van der Waals surface area contributed by atoms with E-state index in [0.29, 0.717) is 12.5 Å². The van der Waals surface area contributed by atoms with Crippen LogP contribution in [0, 0.1) is 5.92 Å². The van der Waals surface area contributed by atoms with Gasteiger partial charge in [0.05, 0.1) is 12.3 Å². The number of hydrogen-bond donors (Lipinski definition) is 1. The molecule has 0 aliphatic heterocycles. The van der Waals surface area contributed by atoms with Crippen LogP contribution in [0.4, 0.5) is 0 Å². The van der Waals surface area contributed by atoms with Crippen molar-refractivity contribution in [2.45, 2.75) is 33.2 Å². The van der Waals surface area contributed by atoms with Gasteiger partial charge < -0.3 is 10.5 Å². The van der Waals surface area contributed by atoms with Gasteiger partial charge >= 0.3 is 0 Å². The Morgan fingerprint density at radius 1 is 1.57 bits per heavy atom. The van der Waals surface area contributed by atoms with Crippen molar-refractivity contribution in [3.8, 4) is 5.19 Å². The number of rotatable bonds is 5. The third-order valence-electron chi connectivity index (χ3n) is 1.87. The molecular formula is C10H18N2OS. The van der Waals surface area contributed by atoms with Crippen LogP contribution in [0.15, 0.2) is 5.38 Å². The molecule has 0 radical (unpaired) electrons. The molecule has 0 fully saturated rings. The standard InChI is InChI=1S/C10H18N2OS/c1-4-13-10-12-9(6-14-10)8(11)5-7(2)3/h6-8H,4-5,11H2,1-3H3. The molecule has 0 saturated heterocycles. The van der Waals surface area contributed by atoms with Gasteiger partial charge in [0.15, 0.2) is 0 Å². The smallest absolute Gasteiger partial charge is 0.273 e. The molecular weight excluding hydrogens is 196 g/mol. The van der Waals surface area contributed by atoms with E-state index >= 15 is 0 Å². The first kappa shape index (κ1) is 11.5. The summed E-state index contributed by atoms with van der Waals surface area (Å²) in [6.45, 7) is 6.94. The first-order valence-corrected chi connectivity index (χ1v) is 5.85. The summed E-state index contributed by atoms with van der Waals surface area (Å²) in [7, 11) is 0. The Hall–Kier alpha value is -0.610. The highest BCUT2D eigenvalue weighted by Crippen LogP contribution is 2.24. The van der Waals surface area contributed by atoms with E-state index in [0.717, 1.165) is 17.3 Å². The van der Waals surface area contributed by atoms with E-state index in [1.54, 1.807) is 0 Å². The molecule has 0 aliphatic carbocycles. The van der Waals surface area contributed by atoms with Crippen molar-refractivity contribution in [1.29, 1.82) is 0 Å². The van der Waals surface area contributed by atoms with Gasteiger partial charge in [0.1, 0.15) is 0 Å². The van der Waals surface area contributed by atoms with Crippen LogP contribution in [0.5, 0.6) is 5.19 Å². The summed E-state index contributed by atoms with van der Waals surface area (Å²) in [5.74, 6) is 0.599. The number of nitrogens with two attached hydrogens (primary N) is 1. The number of ether oxygens (including phenoxy) is 1. The zero-order valence-corrected chi connectivity index (χ0v) is 9.80. The monoisotopic (exact) mass is 214 g/mol. The highest BCUT2D eigenvalue weighted by atomic mass is 32.1. The highest BCUT2D eigenvalue weighted by Gasteiger charge is 2.12. The lowest BCUT2D eigenvalue weighted by Gasteiger charge is -2.10. The van der Waals surface area contributed by atoms with Gasteiger partial charge in [0, 0.05) is 11.4 Å². The van der Waals surface area contributed by atoms with Crippen LogP contribution in [0.25, 0.3) is 0 Å². The highest BCUT2D eigenvalue weighted by molar-refractivity contribution is 7.11. The van der Waals surface area contributed by atoms with Gasteiger partial charge in [-0.05, 0) is 19.3 Å². The molecule has 4 heteroatoms. The van der Waals surface area contributed by atoms with E-state index in [2.05, 4.69) is 18.8 Å². The number of aromatic nitrogens is 1. The van der Waals surface area contributed by atoms with Gasteiger partial charge in [-0.15, -0.1) is 0 Å². The molecule has 1 aromatic rings. The van der Waals surface area contributed by atoms with Gasteiger partial charge in [-0.3, -0.25) is 0 Å². The lowest BCUT2D eigenvalue weighted by Crippen LogP contribution is -2.13. The Morgan fingerprint density at radius 2 is 2.29 bits per heavy atom. The predicted octanol–water partition coefficient (Wildman–Crippen LogP) is 2.59. The fourth-order valence-electron chi connectivity index (χ4n) is 1.26. The van der Waals surface area contributed by atoms with Crippen molar-refractivity contribution in [2.75, 3.05) is 6.61 Å². The van der Waals surface area contributed by atoms with Crippen LogP contribution < -0.4 is 10.5 Å². The molecule has 0 spiro atoms. The average Bonchev–Trinajstić information content (AvgIpc) is 2.52. The maximum Gasteiger partial charge on any atom is 0.273 e. The van der Waals surface area contributed by atoms with E-state index in [9.17, 15) is 0 Å². The normalized spacial score (nSPS) is 13.2. The van der Waals surface area contributed by atoms with E-state index in [1.165, 1.54) is 11.3 Å². The molecule has 3 nitrogen and oxygen atoms in total. The zero-order chi connectivity index (χ0) is 10.6. The van der Waals surface area contributed by atoms with Crippen LogP contribution in [0.1, 0.15) is 38.9 Å². The second-order valence-electron chi connectivity index (χ2n) is 3.71. The molecule has 2 N–H and O–H groups in total.